The lowest BCUT2D eigenvalue weighted by atomic mass is 10.1. The first-order valence-corrected chi connectivity index (χ1v) is 8.95. The highest BCUT2D eigenvalue weighted by Crippen LogP contribution is 2.19. The predicted octanol–water partition coefficient (Wildman–Crippen LogP) is 3.63. The highest BCUT2D eigenvalue weighted by Gasteiger charge is 2.18. The molecular weight excluding hydrogens is 386 g/mol. The van der Waals surface area contributed by atoms with Crippen molar-refractivity contribution in [1.29, 1.82) is 5.26 Å². The van der Waals surface area contributed by atoms with E-state index >= 15 is 0 Å². The Kier molecular flexibility index (Phi) is 4.78. The van der Waals surface area contributed by atoms with Crippen LogP contribution in [0.1, 0.15) is 21.9 Å². The van der Waals surface area contributed by atoms with Crippen LogP contribution in [0.3, 0.4) is 0 Å². The summed E-state index contributed by atoms with van der Waals surface area (Å²) in [7, 11) is 0. The molecule has 0 aliphatic heterocycles. The molecule has 2 aromatic heterocycles. The van der Waals surface area contributed by atoms with E-state index in [2.05, 4.69) is 9.97 Å². The third-order valence-electron chi connectivity index (χ3n) is 4.45. The van der Waals surface area contributed by atoms with Gasteiger partial charge in [0.15, 0.2) is 23.6 Å². The zero-order valence-electron chi connectivity index (χ0n) is 15.8. The minimum atomic E-state index is -0.942. The minimum absolute atomic E-state index is 0.153. The van der Waals surface area contributed by atoms with E-state index in [1.54, 1.807) is 42.5 Å². The van der Waals surface area contributed by atoms with Crippen LogP contribution in [0, 0.1) is 18.3 Å². The highest BCUT2D eigenvalue weighted by molar-refractivity contribution is 5.89. The Bertz CT molecular complexity index is 1390. The molecule has 2 N–H and O–H groups in total. The number of carbonyl (C=O) groups is 1. The SMILES string of the molecule is Cc1ccc2oc(C(=O)OC/C(O)=C(\C#N)c3nc4ccccc4[nH]3)cc(=O)c2c1. The first-order valence-electron chi connectivity index (χ1n) is 8.95. The second-order valence-corrected chi connectivity index (χ2v) is 6.59. The monoisotopic (exact) mass is 401 g/mol. The Morgan fingerprint density at radius 2 is 2.07 bits per heavy atom. The third-order valence-corrected chi connectivity index (χ3v) is 4.45. The van der Waals surface area contributed by atoms with Gasteiger partial charge >= 0.3 is 5.97 Å². The molecule has 0 saturated heterocycles. The molecule has 148 valence electrons. The number of carbonyl (C=O) groups excluding carboxylic acids is 1. The molecule has 0 radical (unpaired) electrons. The van der Waals surface area contributed by atoms with E-state index in [9.17, 15) is 20.0 Å². The third kappa shape index (κ3) is 3.52. The lowest BCUT2D eigenvalue weighted by molar-refractivity contribution is 0.0467. The van der Waals surface area contributed by atoms with E-state index in [1.165, 1.54) is 0 Å². The molecular formula is C22H15N3O5. The summed E-state index contributed by atoms with van der Waals surface area (Å²) in [5, 5.41) is 20.0. The zero-order valence-corrected chi connectivity index (χ0v) is 15.8. The number of aromatic nitrogens is 2. The van der Waals surface area contributed by atoms with Crippen LogP contribution in [-0.4, -0.2) is 27.7 Å². The number of benzene rings is 2. The van der Waals surface area contributed by atoms with E-state index in [0.29, 0.717) is 16.4 Å². The van der Waals surface area contributed by atoms with Gasteiger partial charge in [0.1, 0.15) is 17.2 Å². The van der Waals surface area contributed by atoms with Crippen LogP contribution in [0.15, 0.2) is 63.5 Å². The molecule has 0 bridgehead atoms. The lowest BCUT2D eigenvalue weighted by Crippen LogP contribution is -2.12. The fraction of sp³-hybridized carbons (Fsp3) is 0.0909. The maximum atomic E-state index is 12.3. The second-order valence-electron chi connectivity index (χ2n) is 6.59. The zero-order chi connectivity index (χ0) is 21.3. The van der Waals surface area contributed by atoms with Gasteiger partial charge < -0.3 is 19.2 Å². The van der Waals surface area contributed by atoms with Gasteiger partial charge in [-0.1, -0.05) is 23.8 Å². The van der Waals surface area contributed by atoms with Crippen LogP contribution in [0.4, 0.5) is 0 Å². The molecule has 0 fully saturated rings. The number of aromatic amines is 1. The summed E-state index contributed by atoms with van der Waals surface area (Å²) in [6, 6.07) is 15.0. The quantitative estimate of drug-likeness (QED) is 0.303. The second kappa shape index (κ2) is 7.56. The fourth-order valence-electron chi connectivity index (χ4n) is 2.97. The number of rotatable bonds is 4. The summed E-state index contributed by atoms with van der Waals surface area (Å²) < 4.78 is 10.5. The van der Waals surface area contributed by atoms with Gasteiger partial charge in [-0.2, -0.15) is 5.26 Å². The van der Waals surface area contributed by atoms with Gasteiger partial charge in [-0.05, 0) is 31.2 Å². The number of esters is 1. The number of allylic oxidation sites excluding steroid dienone is 1. The Morgan fingerprint density at radius 1 is 1.27 bits per heavy atom. The molecule has 2 aromatic carbocycles. The number of nitriles is 1. The van der Waals surface area contributed by atoms with Crippen molar-refractivity contribution in [2.24, 2.45) is 0 Å². The molecule has 8 heteroatoms. The van der Waals surface area contributed by atoms with Crippen LogP contribution in [0.25, 0.3) is 27.6 Å². The summed E-state index contributed by atoms with van der Waals surface area (Å²) in [5.41, 5.74) is 1.91. The van der Waals surface area contributed by atoms with E-state index in [1.807, 2.05) is 13.0 Å². The van der Waals surface area contributed by atoms with Gasteiger partial charge in [0.25, 0.3) is 0 Å². The van der Waals surface area contributed by atoms with Gasteiger partial charge in [0, 0.05) is 6.07 Å². The topological polar surface area (TPSA) is 129 Å². The van der Waals surface area contributed by atoms with Crippen molar-refractivity contribution in [3.63, 3.8) is 0 Å². The number of aliphatic hydroxyl groups is 1. The number of imidazole rings is 1. The molecule has 2 heterocycles. The van der Waals surface area contributed by atoms with E-state index in [-0.39, 0.29) is 28.2 Å². The maximum absolute atomic E-state index is 12.3. The van der Waals surface area contributed by atoms with Crippen molar-refractivity contribution >= 4 is 33.5 Å². The normalized spacial score (nSPS) is 11.9. The number of aryl methyl sites for hydroxylation is 1. The average Bonchev–Trinajstić information content (AvgIpc) is 3.16. The molecule has 0 atom stereocenters. The number of para-hydroxylation sites is 2. The molecule has 0 spiro atoms. The standard InChI is InChI=1S/C22H15N3O5/c1-12-6-7-19-13(8-12)17(26)9-20(30-19)22(28)29-11-18(27)14(10-23)21-24-15-4-2-3-5-16(15)25-21/h2-9,27H,11H2,1H3,(H,24,25)/b18-14-. The molecule has 0 saturated carbocycles. The van der Waals surface area contributed by atoms with Crippen LogP contribution < -0.4 is 5.43 Å². The fourth-order valence-corrected chi connectivity index (χ4v) is 2.97. The number of nitrogens with zero attached hydrogens (tertiary/aromatic N) is 2. The molecule has 30 heavy (non-hydrogen) atoms. The van der Waals surface area contributed by atoms with Gasteiger partial charge in [-0.15, -0.1) is 0 Å². The average molecular weight is 401 g/mol. The van der Waals surface area contributed by atoms with Crippen LogP contribution in [-0.2, 0) is 4.74 Å². The highest BCUT2D eigenvalue weighted by atomic mass is 16.6. The predicted molar refractivity (Wildman–Crippen MR) is 109 cm³/mol. The molecule has 8 nitrogen and oxygen atoms in total. The summed E-state index contributed by atoms with van der Waals surface area (Å²) in [5.74, 6) is -1.57. The summed E-state index contributed by atoms with van der Waals surface area (Å²) >= 11 is 0. The summed E-state index contributed by atoms with van der Waals surface area (Å²) in [4.78, 5) is 31.7. The van der Waals surface area contributed by atoms with Crippen LogP contribution >= 0.6 is 0 Å². The summed E-state index contributed by atoms with van der Waals surface area (Å²) in [6.45, 7) is 1.25. The largest absolute Gasteiger partial charge is 0.507 e. The van der Waals surface area contributed by atoms with E-state index < -0.39 is 18.3 Å². The van der Waals surface area contributed by atoms with Crippen LogP contribution in [0.5, 0.6) is 0 Å². The molecule has 0 aliphatic rings. The first kappa shape index (κ1) is 19.0. The number of fused-ring (bicyclic) bond motifs is 2. The Hall–Kier alpha value is -4.38. The van der Waals surface area contributed by atoms with Crippen molar-refractivity contribution in [1.82, 2.24) is 9.97 Å². The number of ether oxygens (including phenoxy) is 1. The molecule has 4 aromatic rings. The van der Waals surface area contributed by atoms with Crippen molar-refractivity contribution in [3.05, 3.63) is 81.7 Å². The van der Waals surface area contributed by atoms with Gasteiger partial charge in [-0.3, -0.25) is 4.79 Å². The maximum Gasteiger partial charge on any atom is 0.374 e. The number of aliphatic hydroxyl groups excluding tert-OH is 1. The van der Waals surface area contributed by atoms with E-state index in [4.69, 9.17) is 9.15 Å². The van der Waals surface area contributed by atoms with Gasteiger partial charge in [0.2, 0.25) is 5.76 Å². The lowest BCUT2D eigenvalue weighted by Gasteiger charge is -2.06. The Balaban J connectivity index is 1.57. The van der Waals surface area contributed by atoms with Crippen molar-refractivity contribution < 1.29 is 19.1 Å². The smallest absolute Gasteiger partial charge is 0.374 e. The first-order chi connectivity index (χ1) is 14.5. The molecule has 0 amide bonds. The minimum Gasteiger partial charge on any atom is -0.507 e. The number of hydrogen-bond donors (Lipinski definition) is 2. The Morgan fingerprint density at radius 3 is 2.83 bits per heavy atom. The molecule has 0 aliphatic carbocycles. The van der Waals surface area contributed by atoms with Crippen LogP contribution in [0.2, 0.25) is 0 Å². The van der Waals surface area contributed by atoms with Gasteiger partial charge in [-0.25, -0.2) is 9.78 Å². The van der Waals surface area contributed by atoms with Crippen molar-refractivity contribution in [2.75, 3.05) is 6.61 Å². The summed E-state index contributed by atoms with van der Waals surface area (Å²) in [6.07, 6.45) is 0. The number of nitrogens with one attached hydrogen (secondary N) is 1. The van der Waals surface area contributed by atoms with Crippen molar-refractivity contribution in [2.45, 2.75) is 6.92 Å². The molecule has 4 rings (SSSR count). The number of hydrogen-bond acceptors (Lipinski definition) is 7. The van der Waals surface area contributed by atoms with Crippen molar-refractivity contribution in [3.8, 4) is 6.07 Å². The van der Waals surface area contributed by atoms with E-state index in [0.717, 1.165) is 11.6 Å². The number of H-pyrrole nitrogens is 1. The Labute approximate surface area is 169 Å². The molecule has 0 unspecified atom stereocenters. The van der Waals surface area contributed by atoms with Gasteiger partial charge in [0.05, 0.1) is 16.4 Å².